The van der Waals surface area contributed by atoms with Gasteiger partial charge in [-0.05, 0) is 43.9 Å². The lowest BCUT2D eigenvalue weighted by Gasteiger charge is -2.30. The highest BCUT2D eigenvalue weighted by molar-refractivity contribution is 7.89. The summed E-state index contributed by atoms with van der Waals surface area (Å²) in [7, 11) is -2.55. The van der Waals surface area contributed by atoms with E-state index in [-0.39, 0.29) is 36.3 Å². The van der Waals surface area contributed by atoms with Crippen molar-refractivity contribution in [2.45, 2.75) is 49.7 Å². The number of methoxy groups -OCH3 is 1. The first-order valence-electron chi connectivity index (χ1n) is 8.07. The van der Waals surface area contributed by atoms with E-state index in [2.05, 4.69) is 10.0 Å². The van der Waals surface area contributed by atoms with Gasteiger partial charge in [0.1, 0.15) is 5.75 Å². The fourth-order valence-electron chi connectivity index (χ4n) is 2.97. The van der Waals surface area contributed by atoms with E-state index in [1.54, 1.807) is 0 Å². The number of carbonyl (C=O) groups is 1. The Morgan fingerprint density at radius 2 is 1.81 bits per heavy atom. The number of alkyl halides is 3. The quantitative estimate of drug-likeness (QED) is 0.804. The van der Waals surface area contributed by atoms with E-state index >= 15 is 0 Å². The van der Waals surface area contributed by atoms with Gasteiger partial charge in [-0.1, -0.05) is 0 Å². The summed E-state index contributed by atoms with van der Waals surface area (Å²) < 4.78 is 70.7. The first kappa shape index (κ1) is 20.5. The maximum Gasteiger partial charge on any atom is 0.391 e. The van der Waals surface area contributed by atoms with Crippen LogP contribution < -0.4 is 14.8 Å². The number of anilines is 1. The topological polar surface area (TPSA) is 84.5 Å². The van der Waals surface area contributed by atoms with Crippen LogP contribution in [-0.2, 0) is 14.8 Å². The molecule has 0 atom stereocenters. The molecule has 0 saturated heterocycles. The number of carbonyl (C=O) groups excluding carboxylic acids is 1. The summed E-state index contributed by atoms with van der Waals surface area (Å²) in [6.45, 7) is 1.28. The normalized spacial score (nSPS) is 21.3. The third-order valence-electron chi connectivity index (χ3n) is 4.30. The van der Waals surface area contributed by atoms with E-state index < -0.39 is 34.1 Å². The zero-order valence-corrected chi connectivity index (χ0v) is 15.2. The van der Waals surface area contributed by atoms with Gasteiger partial charge in [0.2, 0.25) is 15.9 Å². The van der Waals surface area contributed by atoms with Crippen molar-refractivity contribution in [3.8, 4) is 5.75 Å². The highest BCUT2D eigenvalue weighted by Crippen LogP contribution is 2.38. The van der Waals surface area contributed by atoms with Gasteiger partial charge in [0, 0.05) is 13.0 Å². The van der Waals surface area contributed by atoms with Crippen molar-refractivity contribution in [2.24, 2.45) is 5.92 Å². The molecule has 10 heteroatoms. The lowest BCUT2D eigenvalue weighted by atomic mass is 9.86. The maximum absolute atomic E-state index is 12.7. The Morgan fingerprint density at radius 3 is 2.31 bits per heavy atom. The second kappa shape index (κ2) is 7.83. The van der Waals surface area contributed by atoms with Gasteiger partial charge in [-0.3, -0.25) is 4.79 Å². The van der Waals surface area contributed by atoms with E-state index in [4.69, 9.17) is 4.74 Å². The van der Waals surface area contributed by atoms with Crippen molar-refractivity contribution < 1.29 is 31.1 Å². The van der Waals surface area contributed by atoms with Crippen LogP contribution in [0.15, 0.2) is 23.1 Å². The molecule has 2 N–H and O–H groups in total. The summed E-state index contributed by atoms with van der Waals surface area (Å²) >= 11 is 0. The van der Waals surface area contributed by atoms with Crippen LogP contribution >= 0.6 is 0 Å². The molecule has 1 aliphatic carbocycles. The Hall–Kier alpha value is -1.81. The third-order valence-corrected chi connectivity index (χ3v) is 5.82. The minimum atomic E-state index is -4.24. The third kappa shape index (κ3) is 5.10. The van der Waals surface area contributed by atoms with Gasteiger partial charge in [-0.15, -0.1) is 0 Å². The van der Waals surface area contributed by atoms with Crippen LogP contribution in [0.2, 0.25) is 0 Å². The Morgan fingerprint density at radius 1 is 1.19 bits per heavy atom. The molecule has 0 aromatic heterocycles. The predicted octanol–water partition coefficient (Wildman–Crippen LogP) is 3.05. The molecule has 1 fully saturated rings. The number of hydrogen-bond acceptors (Lipinski definition) is 4. The molecule has 1 saturated carbocycles. The smallest absolute Gasteiger partial charge is 0.391 e. The monoisotopic (exact) mass is 394 g/mol. The fraction of sp³-hybridized carbons (Fsp3) is 0.562. The molecule has 0 radical (unpaired) electrons. The van der Waals surface area contributed by atoms with Gasteiger partial charge in [0.25, 0.3) is 0 Å². The second-order valence-electron chi connectivity index (χ2n) is 6.25. The number of nitrogens with one attached hydrogen (secondary N) is 2. The van der Waals surface area contributed by atoms with Gasteiger partial charge in [-0.25, -0.2) is 13.1 Å². The Kier molecular flexibility index (Phi) is 6.17. The van der Waals surface area contributed by atoms with Crippen LogP contribution in [0.5, 0.6) is 5.75 Å². The van der Waals surface area contributed by atoms with Gasteiger partial charge in [-0.2, -0.15) is 13.2 Å². The van der Waals surface area contributed by atoms with Crippen molar-refractivity contribution in [3.63, 3.8) is 0 Å². The Balaban J connectivity index is 2.12. The van der Waals surface area contributed by atoms with Crippen molar-refractivity contribution in [1.82, 2.24) is 4.72 Å². The number of rotatable bonds is 5. The van der Waals surface area contributed by atoms with Crippen molar-refractivity contribution in [2.75, 3.05) is 12.4 Å². The number of hydrogen-bond donors (Lipinski definition) is 2. The zero-order valence-electron chi connectivity index (χ0n) is 14.4. The minimum Gasteiger partial charge on any atom is -0.495 e. The van der Waals surface area contributed by atoms with Gasteiger partial charge in [0.15, 0.2) is 0 Å². The zero-order chi connectivity index (χ0) is 19.5. The standard InChI is InChI=1S/C16H21F3N2O4S/c1-10(22)20-14-9-13(7-8-15(14)25-2)26(23,24)21-12-5-3-11(4-6-12)16(17,18)19/h7-9,11-12,21H,3-6H2,1-2H3,(H,20,22). The molecule has 146 valence electrons. The summed E-state index contributed by atoms with van der Waals surface area (Å²) in [5.74, 6) is -1.48. The molecule has 0 unspecified atom stereocenters. The van der Waals surface area contributed by atoms with E-state index in [0.717, 1.165) is 0 Å². The highest BCUT2D eigenvalue weighted by atomic mass is 32.2. The summed E-state index contributed by atoms with van der Waals surface area (Å²) in [4.78, 5) is 11.2. The van der Waals surface area contributed by atoms with Crippen LogP contribution in [-0.4, -0.2) is 33.7 Å². The van der Waals surface area contributed by atoms with Gasteiger partial charge >= 0.3 is 6.18 Å². The number of halogens is 3. The summed E-state index contributed by atoms with van der Waals surface area (Å²) in [6, 6.07) is 3.42. The van der Waals surface area contributed by atoms with Gasteiger partial charge < -0.3 is 10.1 Å². The Bertz CT molecular complexity index is 757. The van der Waals surface area contributed by atoms with E-state index in [1.807, 2.05) is 0 Å². The maximum atomic E-state index is 12.7. The van der Waals surface area contributed by atoms with Crippen LogP contribution in [0.4, 0.5) is 18.9 Å². The molecular weight excluding hydrogens is 373 g/mol. The van der Waals surface area contributed by atoms with Crippen molar-refractivity contribution >= 4 is 21.6 Å². The van der Waals surface area contributed by atoms with Gasteiger partial charge in [0.05, 0.1) is 23.6 Å². The van der Waals surface area contributed by atoms with Crippen LogP contribution in [0.1, 0.15) is 32.6 Å². The number of amides is 1. The van der Waals surface area contributed by atoms with E-state index in [1.165, 1.54) is 32.2 Å². The predicted molar refractivity (Wildman–Crippen MR) is 89.4 cm³/mol. The molecule has 1 amide bonds. The molecule has 1 aromatic rings. The van der Waals surface area contributed by atoms with E-state index in [9.17, 15) is 26.4 Å². The number of ether oxygens (including phenoxy) is 1. The number of sulfonamides is 1. The van der Waals surface area contributed by atoms with Crippen molar-refractivity contribution in [1.29, 1.82) is 0 Å². The molecule has 6 nitrogen and oxygen atoms in total. The summed E-state index contributed by atoms with van der Waals surface area (Å²) in [5, 5.41) is 2.48. The molecule has 0 heterocycles. The molecule has 1 aromatic carbocycles. The first-order chi connectivity index (χ1) is 12.0. The fourth-order valence-corrected chi connectivity index (χ4v) is 4.30. The van der Waals surface area contributed by atoms with Crippen LogP contribution in [0.3, 0.4) is 0 Å². The van der Waals surface area contributed by atoms with Crippen LogP contribution in [0.25, 0.3) is 0 Å². The summed E-state index contributed by atoms with van der Waals surface area (Å²) in [6.07, 6.45) is -4.20. The van der Waals surface area contributed by atoms with E-state index in [0.29, 0.717) is 5.75 Å². The average molecular weight is 394 g/mol. The lowest BCUT2D eigenvalue weighted by molar-refractivity contribution is -0.182. The summed E-state index contributed by atoms with van der Waals surface area (Å²) in [5.41, 5.74) is 0.198. The minimum absolute atomic E-state index is 0.0972. The van der Waals surface area contributed by atoms with Crippen LogP contribution in [0, 0.1) is 5.92 Å². The first-order valence-corrected chi connectivity index (χ1v) is 9.56. The molecule has 0 aliphatic heterocycles. The largest absolute Gasteiger partial charge is 0.495 e. The number of benzene rings is 1. The Labute approximate surface area is 150 Å². The molecule has 2 rings (SSSR count). The molecule has 1 aliphatic rings. The molecule has 0 spiro atoms. The van der Waals surface area contributed by atoms with Crippen molar-refractivity contribution in [3.05, 3.63) is 18.2 Å². The second-order valence-corrected chi connectivity index (χ2v) is 7.97. The molecule has 0 bridgehead atoms. The molecule has 26 heavy (non-hydrogen) atoms. The molecular formula is C16H21F3N2O4S. The average Bonchev–Trinajstić information content (AvgIpc) is 2.53. The SMILES string of the molecule is COc1ccc(S(=O)(=O)NC2CCC(C(F)(F)F)CC2)cc1NC(C)=O. The highest BCUT2D eigenvalue weighted by Gasteiger charge is 2.41. The lowest BCUT2D eigenvalue weighted by Crippen LogP contribution is -2.40.